The van der Waals surface area contributed by atoms with Gasteiger partial charge in [0.25, 0.3) is 5.91 Å². The van der Waals surface area contributed by atoms with Crippen LogP contribution in [0.15, 0.2) is 42.5 Å². The van der Waals surface area contributed by atoms with Gasteiger partial charge in [0.1, 0.15) is 11.5 Å². The van der Waals surface area contributed by atoms with Crippen molar-refractivity contribution in [1.29, 1.82) is 0 Å². The predicted molar refractivity (Wildman–Crippen MR) is 109 cm³/mol. The molecule has 0 bridgehead atoms. The van der Waals surface area contributed by atoms with E-state index in [1.165, 1.54) is 0 Å². The third kappa shape index (κ3) is 6.02. The zero-order chi connectivity index (χ0) is 20.0. The molecule has 2 aromatic rings. The Labute approximate surface area is 162 Å². The molecule has 0 aliphatic carbocycles. The molecule has 0 aliphatic rings. The first-order valence-corrected chi connectivity index (χ1v) is 9.48. The maximum absolute atomic E-state index is 12.8. The summed E-state index contributed by atoms with van der Waals surface area (Å²) in [4.78, 5) is 12.8. The Morgan fingerprint density at radius 1 is 1.04 bits per heavy atom. The van der Waals surface area contributed by atoms with Crippen LogP contribution in [0, 0.1) is 19.8 Å². The first-order chi connectivity index (χ1) is 12.8. The monoisotopic (exact) mass is 369 g/mol. The van der Waals surface area contributed by atoms with Crippen LogP contribution in [0.3, 0.4) is 0 Å². The fourth-order valence-corrected chi connectivity index (χ4v) is 2.95. The summed E-state index contributed by atoms with van der Waals surface area (Å²) < 4.78 is 11.2. The maximum atomic E-state index is 12.8. The number of amides is 1. The van der Waals surface area contributed by atoms with Gasteiger partial charge in [-0.3, -0.25) is 4.79 Å². The molecule has 4 heteroatoms. The van der Waals surface area contributed by atoms with E-state index in [4.69, 9.17) is 9.47 Å². The summed E-state index contributed by atoms with van der Waals surface area (Å²) in [5.74, 6) is 1.90. The van der Waals surface area contributed by atoms with Crippen LogP contribution in [0.1, 0.15) is 49.9 Å². The Kier molecular flexibility index (Phi) is 7.28. The minimum absolute atomic E-state index is 0.0620. The lowest BCUT2D eigenvalue weighted by atomic mass is 9.96. The van der Waals surface area contributed by atoms with Crippen molar-refractivity contribution in [2.45, 2.75) is 53.2 Å². The first kappa shape index (κ1) is 20.8. The summed E-state index contributed by atoms with van der Waals surface area (Å²) in [7, 11) is 1.65. The summed E-state index contributed by atoms with van der Waals surface area (Å²) in [6, 6.07) is 13.8. The molecule has 1 N–H and O–H groups in total. The largest absolute Gasteiger partial charge is 0.497 e. The number of carbonyl (C=O) groups excluding carboxylic acids is 1. The molecule has 0 saturated heterocycles. The smallest absolute Gasteiger partial charge is 0.261 e. The van der Waals surface area contributed by atoms with E-state index < -0.39 is 6.10 Å². The van der Waals surface area contributed by atoms with Gasteiger partial charge in [0.2, 0.25) is 0 Å². The van der Waals surface area contributed by atoms with Gasteiger partial charge in [-0.15, -0.1) is 0 Å². The van der Waals surface area contributed by atoms with Gasteiger partial charge in [0, 0.05) is 0 Å². The average Bonchev–Trinajstić information content (AvgIpc) is 2.63. The van der Waals surface area contributed by atoms with E-state index in [0.717, 1.165) is 34.6 Å². The maximum Gasteiger partial charge on any atom is 0.261 e. The Morgan fingerprint density at radius 2 is 1.70 bits per heavy atom. The second kappa shape index (κ2) is 9.45. The molecule has 2 aromatic carbocycles. The van der Waals surface area contributed by atoms with Crippen molar-refractivity contribution in [3.63, 3.8) is 0 Å². The highest BCUT2D eigenvalue weighted by Crippen LogP contribution is 2.25. The van der Waals surface area contributed by atoms with Crippen molar-refractivity contribution in [2.75, 3.05) is 7.11 Å². The van der Waals surface area contributed by atoms with Crippen LogP contribution in [0.4, 0.5) is 0 Å². The Hall–Kier alpha value is -2.49. The zero-order valence-electron chi connectivity index (χ0n) is 17.2. The summed E-state index contributed by atoms with van der Waals surface area (Å²) in [6.45, 7) is 10.1. The highest BCUT2D eigenvalue weighted by molar-refractivity contribution is 5.81. The molecule has 1 amide bonds. The number of benzene rings is 2. The third-order valence-electron chi connectivity index (χ3n) is 4.56. The van der Waals surface area contributed by atoms with Crippen LogP contribution in [0.5, 0.6) is 11.5 Å². The number of hydrogen-bond acceptors (Lipinski definition) is 3. The van der Waals surface area contributed by atoms with E-state index in [1.807, 2.05) is 56.3 Å². The Bertz CT molecular complexity index is 753. The number of nitrogens with one attached hydrogen (secondary N) is 1. The van der Waals surface area contributed by atoms with Gasteiger partial charge in [-0.05, 0) is 68.0 Å². The fourth-order valence-electron chi connectivity index (χ4n) is 2.95. The van der Waals surface area contributed by atoms with Gasteiger partial charge in [-0.25, -0.2) is 0 Å². The van der Waals surface area contributed by atoms with Crippen molar-refractivity contribution >= 4 is 5.91 Å². The van der Waals surface area contributed by atoms with Crippen LogP contribution < -0.4 is 14.8 Å². The first-order valence-electron chi connectivity index (χ1n) is 9.48. The molecular weight excluding hydrogens is 338 g/mol. The number of rotatable bonds is 8. The molecule has 146 valence electrons. The summed E-state index contributed by atoms with van der Waals surface area (Å²) in [6.07, 6.45) is 0.285. The molecular formula is C23H31NO3. The molecule has 4 nitrogen and oxygen atoms in total. The Morgan fingerprint density at radius 3 is 2.30 bits per heavy atom. The molecule has 0 heterocycles. The molecule has 2 atom stereocenters. The van der Waals surface area contributed by atoms with Gasteiger partial charge in [-0.2, -0.15) is 0 Å². The van der Waals surface area contributed by atoms with Gasteiger partial charge in [0.05, 0.1) is 13.2 Å². The van der Waals surface area contributed by atoms with Crippen LogP contribution in [0.2, 0.25) is 0 Å². The van der Waals surface area contributed by atoms with E-state index in [1.54, 1.807) is 14.0 Å². The summed E-state index contributed by atoms with van der Waals surface area (Å²) >= 11 is 0. The average molecular weight is 370 g/mol. The lowest BCUT2D eigenvalue weighted by Gasteiger charge is -2.24. The minimum Gasteiger partial charge on any atom is -0.497 e. The topological polar surface area (TPSA) is 47.6 Å². The number of hydrogen-bond donors (Lipinski definition) is 1. The van der Waals surface area contributed by atoms with E-state index in [0.29, 0.717) is 5.92 Å². The van der Waals surface area contributed by atoms with Crippen LogP contribution in [0.25, 0.3) is 0 Å². The highest BCUT2D eigenvalue weighted by atomic mass is 16.5. The standard InChI is InChI=1S/C23H31NO3/c1-15(2)13-21(19-9-11-20(26-6)12-10-19)24-23(25)18(5)27-22-14-16(3)7-8-17(22)4/h7-12,14-15,18,21H,13H2,1-6H3,(H,24,25)/t18-,21-/m1/s1. The van der Waals surface area contributed by atoms with E-state index in [-0.39, 0.29) is 11.9 Å². The number of methoxy groups -OCH3 is 1. The molecule has 0 aromatic heterocycles. The molecule has 0 fully saturated rings. The van der Waals surface area contributed by atoms with Crippen LogP contribution >= 0.6 is 0 Å². The summed E-state index contributed by atoms with van der Waals surface area (Å²) in [5, 5.41) is 3.15. The number of ether oxygens (including phenoxy) is 2. The SMILES string of the molecule is COc1ccc([C@@H](CC(C)C)NC(=O)[C@@H](C)Oc2cc(C)ccc2C)cc1. The molecule has 27 heavy (non-hydrogen) atoms. The van der Waals surface area contributed by atoms with Gasteiger partial charge >= 0.3 is 0 Å². The molecule has 0 radical (unpaired) electrons. The highest BCUT2D eigenvalue weighted by Gasteiger charge is 2.21. The number of aryl methyl sites for hydroxylation is 2. The third-order valence-corrected chi connectivity index (χ3v) is 4.56. The van der Waals surface area contributed by atoms with Crippen molar-refractivity contribution in [3.8, 4) is 11.5 Å². The molecule has 0 unspecified atom stereocenters. The summed E-state index contributed by atoms with van der Waals surface area (Å²) in [5.41, 5.74) is 3.20. The quantitative estimate of drug-likeness (QED) is 0.714. The lowest BCUT2D eigenvalue weighted by Crippen LogP contribution is -2.39. The molecule has 0 aliphatic heterocycles. The number of carbonyl (C=O) groups is 1. The minimum atomic E-state index is -0.571. The normalized spacial score (nSPS) is 13.1. The van der Waals surface area contributed by atoms with Gasteiger partial charge in [-0.1, -0.05) is 38.1 Å². The van der Waals surface area contributed by atoms with Crippen molar-refractivity contribution in [3.05, 3.63) is 59.2 Å². The van der Waals surface area contributed by atoms with Gasteiger partial charge in [0.15, 0.2) is 6.10 Å². The van der Waals surface area contributed by atoms with Crippen LogP contribution in [-0.4, -0.2) is 19.1 Å². The molecule has 2 rings (SSSR count). The molecule has 0 spiro atoms. The van der Waals surface area contributed by atoms with Crippen molar-refractivity contribution < 1.29 is 14.3 Å². The van der Waals surface area contributed by atoms with E-state index in [2.05, 4.69) is 19.2 Å². The van der Waals surface area contributed by atoms with Gasteiger partial charge < -0.3 is 14.8 Å². The van der Waals surface area contributed by atoms with Crippen molar-refractivity contribution in [2.24, 2.45) is 5.92 Å². The Balaban J connectivity index is 2.10. The lowest BCUT2D eigenvalue weighted by molar-refractivity contribution is -0.128. The van der Waals surface area contributed by atoms with Crippen LogP contribution in [-0.2, 0) is 4.79 Å². The second-order valence-electron chi connectivity index (χ2n) is 7.49. The van der Waals surface area contributed by atoms with Crippen molar-refractivity contribution in [1.82, 2.24) is 5.32 Å². The van der Waals surface area contributed by atoms with E-state index in [9.17, 15) is 4.79 Å². The predicted octanol–water partition coefficient (Wildman–Crippen LogP) is 4.98. The van der Waals surface area contributed by atoms with E-state index >= 15 is 0 Å². The zero-order valence-corrected chi connectivity index (χ0v) is 17.2. The molecule has 0 saturated carbocycles. The fraction of sp³-hybridized carbons (Fsp3) is 0.435. The second-order valence-corrected chi connectivity index (χ2v) is 7.49.